The largest absolute Gasteiger partial charge is 0.493 e. The van der Waals surface area contributed by atoms with Gasteiger partial charge in [0.1, 0.15) is 11.8 Å². The molecule has 0 spiro atoms. The highest BCUT2D eigenvalue weighted by Crippen LogP contribution is 2.37. The Bertz CT molecular complexity index is 661. The zero-order valence-electron chi connectivity index (χ0n) is 10.8. The van der Waals surface area contributed by atoms with Gasteiger partial charge in [-0.3, -0.25) is 0 Å². The van der Waals surface area contributed by atoms with E-state index in [0.717, 1.165) is 25.2 Å². The second-order valence-corrected chi connectivity index (χ2v) is 6.77. The molecule has 4 nitrogen and oxygen atoms in total. The molecule has 1 aliphatic carbocycles. The molecule has 0 amide bonds. The standard InChI is InChI=1S/C13H13F2NO3S/c1-20(17,18)11-5-4-10(19-7-8-2-3-8)12(13(14)15)9(11)6-16/h4-5,8,13H,2-3,7H2,1H3. The summed E-state index contributed by atoms with van der Waals surface area (Å²) in [5, 5.41) is 9.02. The Hall–Kier alpha value is -1.68. The minimum Gasteiger partial charge on any atom is -0.493 e. The molecule has 0 aromatic heterocycles. The first kappa shape index (κ1) is 14.7. The summed E-state index contributed by atoms with van der Waals surface area (Å²) in [4.78, 5) is -0.394. The summed E-state index contributed by atoms with van der Waals surface area (Å²) in [5.41, 5.74) is -1.17. The third kappa shape index (κ3) is 3.07. The summed E-state index contributed by atoms with van der Waals surface area (Å²) in [7, 11) is -3.75. The number of halogens is 2. The van der Waals surface area contributed by atoms with E-state index in [0.29, 0.717) is 12.5 Å². The topological polar surface area (TPSA) is 67.2 Å². The van der Waals surface area contributed by atoms with E-state index in [9.17, 15) is 17.2 Å². The first-order valence-corrected chi connectivity index (χ1v) is 7.91. The van der Waals surface area contributed by atoms with Gasteiger partial charge >= 0.3 is 0 Å². The van der Waals surface area contributed by atoms with Crippen molar-refractivity contribution in [1.82, 2.24) is 0 Å². The highest BCUT2D eigenvalue weighted by atomic mass is 32.2. The van der Waals surface area contributed by atoms with Crippen LogP contribution in [0.2, 0.25) is 0 Å². The normalized spacial score (nSPS) is 15.2. The average Bonchev–Trinajstić information content (AvgIpc) is 3.17. The smallest absolute Gasteiger partial charge is 0.268 e. The Morgan fingerprint density at radius 1 is 1.45 bits per heavy atom. The van der Waals surface area contributed by atoms with Gasteiger partial charge in [-0.15, -0.1) is 0 Å². The van der Waals surface area contributed by atoms with E-state index in [4.69, 9.17) is 10.00 Å². The number of sulfone groups is 1. The van der Waals surface area contributed by atoms with Crippen molar-refractivity contribution in [2.45, 2.75) is 24.2 Å². The fraction of sp³-hybridized carbons (Fsp3) is 0.462. The van der Waals surface area contributed by atoms with Crippen molar-refractivity contribution in [2.75, 3.05) is 12.9 Å². The molecule has 0 saturated heterocycles. The van der Waals surface area contributed by atoms with Gasteiger partial charge in [0.2, 0.25) is 0 Å². The molecule has 0 atom stereocenters. The van der Waals surface area contributed by atoms with Gasteiger partial charge in [-0.05, 0) is 30.9 Å². The molecule has 7 heteroatoms. The number of hydrogen-bond donors (Lipinski definition) is 0. The molecule has 2 rings (SSSR count). The van der Waals surface area contributed by atoms with Gasteiger partial charge in [0.05, 0.1) is 22.6 Å². The lowest BCUT2D eigenvalue weighted by Crippen LogP contribution is -2.08. The van der Waals surface area contributed by atoms with Crippen molar-refractivity contribution in [3.8, 4) is 11.8 Å². The lowest BCUT2D eigenvalue weighted by molar-refractivity contribution is 0.144. The van der Waals surface area contributed by atoms with E-state index in [-0.39, 0.29) is 5.75 Å². The second-order valence-electron chi connectivity index (χ2n) is 4.79. The molecule has 0 aliphatic heterocycles. The van der Waals surface area contributed by atoms with Gasteiger partial charge in [0.15, 0.2) is 9.84 Å². The van der Waals surface area contributed by atoms with Crippen LogP contribution >= 0.6 is 0 Å². The lowest BCUT2D eigenvalue weighted by Gasteiger charge is -2.14. The van der Waals surface area contributed by atoms with Crippen LogP contribution in [0, 0.1) is 17.2 Å². The Balaban J connectivity index is 2.50. The van der Waals surface area contributed by atoms with Crippen LogP contribution in [0.5, 0.6) is 5.75 Å². The minimum absolute atomic E-state index is 0.115. The molecule has 108 valence electrons. The SMILES string of the molecule is CS(=O)(=O)c1ccc(OCC2CC2)c(C(F)F)c1C#N. The average molecular weight is 301 g/mol. The maximum Gasteiger partial charge on any atom is 0.268 e. The van der Waals surface area contributed by atoms with Crippen molar-refractivity contribution in [3.63, 3.8) is 0 Å². The molecule has 1 aromatic carbocycles. The van der Waals surface area contributed by atoms with Crippen LogP contribution < -0.4 is 4.74 Å². The van der Waals surface area contributed by atoms with Crippen LogP contribution in [0.4, 0.5) is 8.78 Å². The number of nitrogens with zero attached hydrogens (tertiary/aromatic N) is 1. The molecule has 0 unspecified atom stereocenters. The number of benzene rings is 1. The molecule has 20 heavy (non-hydrogen) atoms. The number of nitriles is 1. The molecule has 0 bridgehead atoms. The molecule has 1 saturated carbocycles. The predicted molar refractivity (Wildman–Crippen MR) is 67.4 cm³/mol. The fourth-order valence-electron chi connectivity index (χ4n) is 1.84. The van der Waals surface area contributed by atoms with E-state index in [1.807, 2.05) is 0 Å². The summed E-state index contributed by atoms with van der Waals surface area (Å²) in [5.74, 6) is 0.247. The molecule has 1 fully saturated rings. The summed E-state index contributed by atoms with van der Waals surface area (Å²) in [6, 6.07) is 3.89. The van der Waals surface area contributed by atoms with Crippen molar-refractivity contribution < 1.29 is 21.9 Å². The fourth-order valence-corrected chi connectivity index (χ4v) is 2.68. The third-order valence-electron chi connectivity index (χ3n) is 3.07. The number of hydrogen-bond acceptors (Lipinski definition) is 4. The summed E-state index contributed by atoms with van der Waals surface area (Å²) in [6.45, 7) is 0.308. The van der Waals surface area contributed by atoms with Crippen LogP contribution in [0.15, 0.2) is 17.0 Å². The number of ether oxygens (including phenoxy) is 1. The zero-order valence-corrected chi connectivity index (χ0v) is 11.6. The van der Waals surface area contributed by atoms with Crippen LogP contribution in [0.1, 0.15) is 30.4 Å². The van der Waals surface area contributed by atoms with Crippen molar-refractivity contribution in [3.05, 3.63) is 23.3 Å². The minimum atomic E-state index is -3.75. The van der Waals surface area contributed by atoms with E-state index in [1.54, 1.807) is 6.07 Å². The van der Waals surface area contributed by atoms with Gasteiger partial charge in [0.25, 0.3) is 6.43 Å². The monoisotopic (exact) mass is 301 g/mol. The summed E-state index contributed by atoms with van der Waals surface area (Å²) >= 11 is 0. The molecule has 1 aliphatic rings. The lowest BCUT2D eigenvalue weighted by atomic mass is 10.1. The summed E-state index contributed by atoms with van der Waals surface area (Å²) in [6.07, 6.45) is -0.100. The van der Waals surface area contributed by atoms with Gasteiger partial charge in [-0.2, -0.15) is 5.26 Å². The van der Waals surface area contributed by atoms with E-state index >= 15 is 0 Å². The highest BCUT2D eigenvalue weighted by Gasteiger charge is 2.28. The first-order valence-electron chi connectivity index (χ1n) is 6.02. The molecule has 1 aromatic rings. The first-order chi connectivity index (χ1) is 9.34. The molecular formula is C13H13F2NO3S. The quantitative estimate of drug-likeness (QED) is 0.838. The van der Waals surface area contributed by atoms with Crippen LogP contribution in [0.3, 0.4) is 0 Å². The maximum atomic E-state index is 13.2. The zero-order chi connectivity index (χ0) is 14.9. The van der Waals surface area contributed by atoms with Gasteiger partial charge in [0, 0.05) is 6.26 Å². The Morgan fingerprint density at radius 2 is 2.10 bits per heavy atom. The van der Waals surface area contributed by atoms with Gasteiger partial charge in [-0.1, -0.05) is 0 Å². The summed E-state index contributed by atoms with van der Waals surface area (Å²) < 4.78 is 54.7. The number of alkyl halides is 2. The molecule has 0 N–H and O–H groups in total. The van der Waals surface area contributed by atoms with E-state index in [2.05, 4.69) is 0 Å². The van der Waals surface area contributed by atoms with Crippen molar-refractivity contribution in [2.24, 2.45) is 5.92 Å². The van der Waals surface area contributed by atoms with Crippen LogP contribution in [0.25, 0.3) is 0 Å². The Morgan fingerprint density at radius 3 is 2.55 bits per heavy atom. The molecular weight excluding hydrogens is 288 g/mol. The Kier molecular flexibility index (Phi) is 3.95. The third-order valence-corrected chi connectivity index (χ3v) is 4.21. The maximum absolute atomic E-state index is 13.2. The van der Waals surface area contributed by atoms with Gasteiger partial charge < -0.3 is 4.74 Å². The molecule has 0 radical (unpaired) electrons. The predicted octanol–water partition coefficient (Wildman–Crippen LogP) is 2.69. The highest BCUT2D eigenvalue weighted by molar-refractivity contribution is 7.90. The van der Waals surface area contributed by atoms with Crippen molar-refractivity contribution in [1.29, 1.82) is 5.26 Å². The Labute approximate surface area is 115 Å². The van der Waals surface area contributed by atoms with Crippen molar-refractivity contribution >= 4 is 9.84 Å². The number of rotatable bonds is 5. The second kappa shape index (κ2) is 5.37. The van der Waals surface area contributed by atoms with E-state index in [1.165, 1.54) is 6.07 Å². The van der Waals surface area contributed by atoms with E-state index < -0.39 is 32.3 Å². The van der Waals surface area contributed by atoms with Gasteiger partial charge in [-0.25, -0.2) is 17.2 Å². The van der Waals surface area contributed by atoms with Crippen LogP contribution in [-0.4, -0.2) is 21.3 Å². The molecule has 0 heterocycles. The van der Waals surface area contributed by atoms with Crippen LogP contribution in [-0.2, 0) is 9.84 Å².